The molecule has 1 aliphatic rings. The van der Waals surface area contributed by atoms with Crippen molar-refractivity contribution >= 4 is 26.3 Å². The Labute approximate surface area is 205 Å². The van der Waals surface area contributed by atoms with Gasteiger partial charge in [-0.15, -0.1) is 20.4 Å². The zero-order valence-corrected chi connectivity index (χ0v) is 19.7. The Hall–Kier alpha value is -4.12. The van der Waals surface area contributed by atoms with Gasteiger partial charge in [-0.25, -0.2) is 0 Å². The summed E-state index contributed by atoms with van der Waals surface area (Å²) < 4.78 is 72.1. The Morgan fingerprint density at radius 3 is 1.83 bits per heavy atom. The van der Waals surface area contributed by atoms with Gasteiger partial charge in [0.15, 0.2) is 0 Å². The predicted octanol–water partition coefficient (Wildman–Crippen LogP) is -0.403. The third-order valence-corrected chi connectivity index (χ3v) is 7.88. The van der Waals surface area contributed by atoms with Crippen molar-refractivity contribution < 1.29 is 25.9 Å². The molecule has 14 nitrogen and oxygen atoms in total. The van der Waals surface area contributed by atoms with Gasteiger partial charge in [0.25, 0.3) is 20.2 Å². The van der Waals surface area contributed by atoms with Crippen molar-refractivity contribution in [2.45, 2.75) is 10.7 Å². The highest BCUT2D eigenvalue weighted by molar-refractivity contribution is 7.93. The first-order chi connectivity index (χ1) is 17.0. The monoisotopic (exact) mass is 530 g/mol. The molecule has 0 spiro atoms. The molecular weight excluding hydrogens is 512 g/mol. The summed E-state index contributed by atoms with van der Waals surface area (Å²) >= 11 is 0. The van der Waals surface area contributed by atoms with E-state index < -0.39 is 52.8 Å². The maximum Gasteiger partial charge on any atom is 0.292 e. The summed E-state index contributed by atoms with van der Waals surface area (Å²) in [4.78, 5) is -1.15. The highest BCUT2D eigenvalue weighted by Crippen LogP contribution is 2.50. The van der Waals surface area contributed by atoms with Crippen LogP contribution in [-0.4, -0.2) is 62.0 Å². The molecule has 6 N–H and O–H groups in total. The van der Waals surface area contributed by atoms with Crippen LogP contribution in [0.25, 0.3) is 6.08 Å². The molecule has 0 saturated carbocycles. The molecule has 3 aromatic rings. The lowest BCUT2D eigenvalue weighted by molar-refractivity contribution is 0.426. The van der Waals surface area contributed by atoms with Gasteiger partial charge in [-0.1, -0.05) is 42.5 Å². The van der Waals surface area contributed by atoms with E-state index in [1.807, 2.05) is 0 Å². The first kappa shape index (κ1) is 25.0. The number of hydrogen-bond donors (Lipinski definition) is 4. The van der Waals surface area contributed by atoms with Gasteiger partial charge in [-0.05, 0) is 28.1 Å². The first-order valence-electron chi connectivity index (χ1n) is 9.96. The van der Waals surface area contributed by atoms with Gasteiger partial charge in [-0.3, -0.25) is 9.11 Å². The van der Waals surface area contributed by atoms with Gasteiger partial charge in [0.1, 0.15) is 15.6 Å². The van der Waals surface area contributed by atoms with E-state index in [0.29, 0.717) is 5.56 Å². The van der Waals surface area contributed by atoms with Crippen LogP contribution in [-0.2, 0) is 25.7 Å². The average molecular weight is 531 g/mol. The van der Waals surface area contributed by atoms with Crippen molar-refractivity contribution in [2.75, 3.05) is 0 Å². The Kier molecular flexibility index (Phi) is 6.35. The van der Waals surface area contributed by atoms with E-state index in [2.05, 4.69) is 30.8 Å². The van der Waals surface area contributed by atoms with Crippen molar-refractivity contribution in [3.8, 4) is 0 Å². The average Bonchev–Trinajstić information content (AvgIpc) is 2.85. The molecule has 1 aromatic carbocycles. The van der Waals surface area contributed by atoms with Crippen molar-refractivity contribution in [2.24, 2.45) is 11.5 Å². The van der Waals surface area contributed by atoms with Crippen LogP contribution in [0.2, 0.25) is 0 Å². The second kappa shape index (κ2) is 9.15. The molecule has 0 bridgehead atoms. The van der Waals surface area contributed by atoms with Crippen molar-refractivity contribution in [3.05, 3.63) is 99.8 Å². The molecule has 2 aromatic heterocycles. The fraction of sp³-hybridized carbons (Fsp3) is 0.100. The van der Waals surface area contributed by atoms with E-state index in [1.54, 1.807) is 30.3 Å². The molecule has 16 heteroatoms. The summed E-state index contributed by atoms with van der Waals surface area (Å²) in [5, 5.41) is 19.2. The molecule has 0 saturated heterocycles. The van der Waals surface area contributed by atoms with Crippen LogP contribution >= 0.6 is 0 Å². The van der Waals surface area contributed by atoms with Gasteiger partial charge in [0.2, 0.25) is 0 Å². The number of aromatic nitrogens is 6. The maximum atomic E-state index is 13.0. The number of hydrogen-bond acceptors (Lipinski definition) is 12. The van der Waals surface area contributed by atoms with Crippen LogP contribution < -0.4 is 11.5 Å². The minimum absolute atomic E-state index is 0.298. The second-order valence-electron chi connectivity index (χ2n) is 7.54. The number of nitrogens with zero attached hydrogens (tertiary/aromatic N) is 6. The Morgan fingerprint density at radius 1 is 0.833 bits per heavy atom. The molecule has 0 fully saturated rings. The Bertz CT molecular complexity index is 1550. The molecule has 36 heavy (non-hydrogen) atoms. The van der Waals surface area contributed by atoms with Crippen LogP contribution in [0.4, 0.5) is 0 Å². The smallest absolute Gasteiger partial charge is 0.292 e. The standard InChI is InChI=1S/C20H18N8O6S2/c21-16-13(7-6-12-4-2-1-3-5-12)17(35(29,30)31)19(36(32,33)34)20(18(16)22,14-8-10-23-27-25-14)15-9-11-24-28-26-15/h1-11,19H,21-22H2,(H,29,30,31)(H,32,33,34). The first-order valence-corrected chi connectivity index (χ1v) is 12.9. The molecule has 4 rings (SSSR count). The van der Waals surface area contributed by atoms with Crippen molar-refractivity contribution in [1.29, 1.82) is 0 Å². The fourth-order valence-corrected chi connectivity index (χ4v) is 6.94. The molecule has 1 atom stereocenters. The molecule has 2 heterocycles. The minimum Gasteiger partial charge on any atom is -0.399 e. The predicted molar refractivity (Wildman–Crippen MR) is 125 cm³/mol. The van der Waals surface area contributed by atoms with Gasteiger partial charge in [0.05, 0.1) is 35.2 Å². The molecule has 186 valence electrons. The molecular formula is C20H18N8O6S2. The van der Waals surface area contributed by atoms with Crippen molar-refractivity contribution in [3.63, 3.8) is 0 Å². The Morgan fingerprint density at radius 2 is 1.39 bits per heavy atom. The zero-order valence-electron chi connectivity index (χ0n) is 18.1. The van der Waals surface area contributed by atoms with Gasteiger partial charge in [-0.2, -0.15) is 16.8 Å². The summed E-state index contributed by atoms with van der Waals surface area (Å²) in [6, 6.07) is 10.9. The number of nitrogens with two attached hydrogens (primary N) is 2. The largest absolute Gasteiger partial charge is 0.399 e. The lowest BCUT2D eigenvalue weighted by Gasteiger charge is -2.42. The number of rotatable bonds is 6. The van der Waals surface area contributed by atoms with Crippen LogP contribution in [0.15, 0.2) is 82.8 Å². The maximum absolute atomic E-state index is 13.0. The quantitative estimate of drug-likeness (QED) is 0.297. The topological polar surface area (TPSA) is 238 Å². The molecule has 1 unspecified atom stereocenters. The Balaban J connectivity index is 2.18. The van der Waals surface area contributed by atoms with Crippen LogP contribution in [0.1, 0.15) is 17.0 Å². The summed E-state index contributed by atoms with van der Waals surface area (Å²) in [7, 11) is -10.8. The van der Waals surface area contributed by atoms with Gasteiger partial charge >= 0.3 is 0 Å². The van der Waals surface area contributed by atoms with Crippen LogP contribution in [0, 0.1) is 0 Å². The van der Waals surface area contributed by atoms with Gasteiger partial charge < -0.3 is 11.5 Å². The molecule has 0 aliphatic heterocycles. The van der Waals surface area contributed by atoms with Gasteiger partial charge in [0, 0.05) is 5.57 Å². The lowest BCUT2D eigenvalue weighted by atomic mass is 9.70. The number of allylic oxidation sites excluding steroid dienone is 2. The van der Waals surface area contributed by atoms with Crippen molar-refractivity contribution in [1.82, 2.24) is 30.8 Å². The highest BCUT2D eigenvalue weighted by Gasteiger charge is 2.61. The molecule has 1 aliphatic carbocycles. The highest BCUT2D eigenvalue weighted by atomic mass is 32.2. The van der Waals surface area contributed by atoms with E-state index in [-0.39, 0.29) is 11.4 Å². The fourth-order valence-electron chi connectivity index (χ4n) is 4.10. The van der Waals surface area contributed by atoms with E-state index in [1.165, 1.54) is 24.3 Å². The third kappa shape index (κ3) is 4.22. The van der Waals surface area contributed by atoms with E-state index >= 15 is 0 Å². The van der Waals surface area contributed by atoms with E-state index in [9.17, 15) is 25.9 Å². The minimum atomic E-state index is -5.41. The van der Waals surface area contributed by atoms with E-state index in [4.69, 9.17) is 11.5 Å². The third-order valence-electron chi connectivity index (χ3n) is 5.53. The summed E-state index contributed by atoms with van der Waals surface area (Å²) in [5.74, 6) is 0. The number of benzene rings is 1. The van der Waals surface area contributed by atoms with E-state index in [0.717, 1.165) is 12.4 Å². The summed E-state index contributed by atoms with van der Waals surface area (Å²) in [6.07, 6.45) is 4.85. The van der Waals surface area contributed by atoms with Crippen LogP contribution in [0.3, 0.4) is 0 Å². The van der Waals surface area contributed by atoms with Crippen LogP contribution in [0.5, 0.6) is 0 Å². The zero-order chi connectivity index (χ0) is 26.1. The molecule has 0 radical (unpaired) electrons. The summed E-state index contributed by atoms with van der Waals surface area (Å²) in [5.41, 5.74) is 8.98. The normalized spacial score (nSPS) is 18.6. The molecule has 0 amide bonds. The second-order valence-corrected chi connectivity index (χ2v) is 10.4. The summed E-state index contributed by atoms with van der Waals surface area (Å²) in [6.45, 7) is 0. The lowest BCUT2D eigenvalue weighted by Crippen LogP contribution is -2.55. The SMILES string of the molecule is NC1=C(N)C(c2ccnnn2)(c2ccnnn2)C(S(=O)(=O)O)C(S(=O)(=O)O)=C1C=Cc1ccccc1.